The number of ketones is 1. The van der Waals surface area contributed by atoms with Gasteiger partial charge in [0.2, 0.25) is 5.78 Å². The van der Waals surface area contributed by atoms with Crippen LogP contribution in [-0.4, -0.2) is 41.1 Å². The molecule has 1 atom stereocenters. The van der Waals surface area contributed by atoms with E-state index in [4.69, 9.17) is 16.3 Å². The molecule has 0 saturated heterocycles. The quantitative estimate of drug-likeness (QED) is 0.306. The summed E-state index contributed by atoms with van der Waals surface area (Å²) in [5, 5.41) is 0. The van der Waals surface area contributed by atoms with Crippen LogP contribution in [0.3, 0.4) is 0 Å². The van der Waals surface area contributed by atoms with Crippen molar-refractivity contribution in [2.75, 3.05) is 6.61 Å². The van der Waals surface area contributed by atoms with E-state index in [1.165, 1.54) is 0 Å². The van der Waals surface area contributed by atoms with Crippen LogP contribution >= 0.6 is 22.9 Å². The minimum Gasteiger partial charge on any atom is -0.456 e. The molecule has 31 heavy (non-hydrogen) atoms. The van der Waals surface area contributed by atoms with Crippen LogP contribution < -0.4 is 0 Å². The van der Waals surface area contributed by atoms with E-state index in [0.717, 1.165) is 21.8 Å². The molecule has 2 amide bonds. The zero-order chi connectivity index (χ0) is 22.0. The Balaban J connectivity index is 1.57. The summed E-state index contributed by atoms with van der Waals surface area (Å²) in [6.45, 7) is -0.510. The zero-order valence-electron chi connectivity index (χ0n) is 16.1. The van der Waals surface area contributed by atoms with E-state index < -0.39 is 36.2 Å². The number of benzene rings is 2. The van der Waals surface area contributed by atoms with Crippen LogP contribution in [0.15, 0.2) is 66.7 Å². The lowest BCUT2D eigenvalue weighted by Crippen LogP contribution is -2.47. The lowest BCUT2D eigenvalue weighted by molar-refractivity contribution is -0.147. The first-order chi connectivity index (χ1) is 15.0. The second-order valence-corrected chi connectivity index (χ2v) is 8.58. The van der Waals surface area contributed by atoms with Crippen LogP contribution in [0.5, 0.6) is 0 Å². The van der Waals surface area contributed by atoms with Crippen molar-refractivity contribution in [1.29, 1.82) is 0 Å². The molecule has 4 rings (SSSR count). The number of thiophene rings is 1. The molecule has 0 bridgehead atoms. The van der Waals surface area contributed by atoms with Crippen LogP contribution in [0, 0.1) is 0 Å². The number of carbonyl (C=O) groups excluding carboxylic acids is 4. The monoisotopic (exact) mass is 453 g/mol. The minimum atomic E-state index is -1.20. The number of fused-ring (bicyclic) bond motifs is 1. The molecular formula is C23H16ClNO5S. The second kappa shape index (κ2) is 8.83. The van der Waals surface area contributed by atoms with Crippen LogP contribution in [-0.2, 0) is 16.0 Å². The van der Waals surface area contributed by atoms with Crippen molar-refractivity contribution in [1.82, 2.24) is 4.90 Å². The van der Waals surface area contributed by atoms with E-state index in [1.54, 1.807) is 60.7 Å². The van der Waals surface area contributed by atoms with Gasteiger partial charge in [0.1, 0.15) is 6.04 Å². The molecule has 0 fully saturated rings. The minimum absolute atomic E-state index is 0.0736. The first-order valence-corrected chi connectivity index (χ1v) is 10.6. The molecule has 3 aromatic rings. The smallest absolute Gasteiger partial charge is 0.330 e. The van der Waals surface area contributed by atoms with E-state index in [0.29, 0.717) is 9.21 Å². The third-order valence-corrected chi connectivity index (χ3v) is 6.15. The Morgan fingerprint density at radius 1 is 0.903 bits per heavy atom. The Hall–Kier alpha value is -3.29. The van der Waals surface area contributed by atoms with E-state index in [-0.39, 0.29) is 17.5 Å². The van der Waals surface area contributed by atoms with Crippen LogP contribution in [0.25, 0.3) is 0 Å². The molecule has 0 spiro atoms. The van der Waals surface area contributed by atoms with Gasteiger partial charge in [-0.3, -0.25) is 19.3 Å². The van der Waals surface area contributed by atoms with Gasteiger partial charge >= 0.3 is 5.97 Å². The van der Waals surface area contributed by atoms with Crippen molar-refractivity contribution in [2.24, 2.45) is 0 Å². The van der Waals surface area contributed by atoms with E-state index >= 15 is 0 Å². The number of imide groups is 1. The molecule has 6 nitrogen and oxygen atoms in total. The summed E-state index contributed by atoms with van der Waals surface area (Å²) in [6, 6.07) is 17.3. The molecule has 1 aromatic heterocycles. The number of amides is 2. The normalized spacial score (nSPS) is 13.8. The predicted octanol–water partition coefficient (Wildman–Crippen LogP) is 4.03. The van der Waals surface area contributed by atoms with Gasteiger partial charge in [0.25, 0.3) is 11.8 Å². The van der Waals surface area contributed by atoms with Crippen molar-refractivity contribution in [3.05, 3.63) is 92.6 Å². The third kappa shape index (κ3) is 4.28. The Bertz CT molecular complexity index is 1140. The Morgan fingerprint density at radius 2 is 1.52 bits per heavy atom. The summed E-state index contributed by atoms with van der Waals surface area (Å²) in [6.07, 6.45) is 0.0736. The van der Waals surface area contributed by atoms with Gasteiger partial charge in [-0.05, 0) is 29.8 Å². The summed E-state index contributed by atoms with van der Waals surface area (Å²) in [7, 11) is 0. The summed E-state index contributed by atoms with van der Waals surface area (Å²) >= 11 is 6.93. The van der Waals surface area contributed by atoms with E-state index in [2.05, 4.69) is 0 Å². The van der Waals surface area contributed by atoms with Gasteiger partial charge in [-0.2, -0.15) is 0 Å². The number of nitrogens with zero attached hydrogens (tertiary/aromatic N) is 1. The standard InChI is InChI=1S/C23H16ClNO5S/c24-20-11-10-19(31-20)18(26)13-30-23(29)17(12-14-6-2-1-3-7-14)25-21(27)15-8-4-5-9-16(15)22(25)28/h1-11,17H,12-13H2/t17-/m1/s1. The molecule has 8 heteroatoms. The fourth-order valence-electron chi connectivity index (χ4n) is 3.38. The fourth-order valence-corrected chi connectivity index (χ4v) is 4.34. The third-order valence-electron chi connectivity index (χ3n) is 4.87. The SMILES string of the molecule is O=C(COC(=O)[C@@H](Cc1ccccc1)N1C(=O)c2ccccc2C1=O)c1ccc(Cl)s1. The maximum atomic E-state index is 13.0. The Labute approximate surface area is 187 Å². The van der Waals surface area contributed by atoms with Gasteiger partial charge in [-0.1, -0.05) is 54.1 Å². The maximum Gasteiger partial charge on any atom is 0.330 e. The predicted molar refractivity (Wildman–Crippen MR) is 115 cm³/mol. The molecular weight excluding hydrogens is 438 g/mol. The fraction of sp³-hybridized carbons (Fsp3) is 0.130. The molecule has 0 N–H and O–H groups in total. The second-order valence-electron chi connectivity index (χ2n) is 6.87. The van der Waals surface area contributed by atoms with Gasteiger partial charge in [0.05, 0.1) is 20.3 Å². The number of hydrogen-bond donors (Lipinski definition) is 0. The van der Waals surface area contributed by atoms with Crippen LogP contribution in [0.2, 0.25) is 4.34 Å². The van der Waals surface area contributed by atoms with Gasteiger partial charge in [-0.15, -0.1) is 11.3 Å². The van der Waals surface area contributed by atoms with Gasteiger partial charge in [0, 0.05) is 6.42 Å². The largest absolute Gasteiger partial charge is 0.456 e. The summed E-state index contributed by atoms with van der Waals surface area (Å²) < 4.78 is 5.69. The van der Waals surface area contributed by atoms with Gasteiger partial charge in [-0.25, -0.2) is 4.79 Å². The number of esters is 1. The maximum absolute atomic E-state index is 13.0. The first-order valence-electron chi connectivity index (χ1n) is 9.41. The summed E-state index contributed by atoms with van der Waals surface area (Å²) in [5.74, 6) is -2.36. The van der Waals surface area contributed by atoms with Crippen molar-refractivity contribution < 1.29 is 23.9 Å². The molecule has 0 unspecified atom stereocenters. The van der Waals surface area contributed by atoms with Crippen molar-refractivity contribution >= 4 is 46.5 Å². The zero-order valence-corrected chi connectivity index (χ0v) is 17.7. The van der Waals surface area contributed by atoms with Crippen molar-refractivity contribution in [2.45, 2.75) is 12.5 Å². The number of Topliss-reactive ketones (excluding diaryl/α,β-unsaturated/α-hetero) is 1. The molecule has 1 aliphatic rings. The van der Waals surface area contributed by atoms with Crippen LogP contribution in [0.4, 0.5) is 0 Å². The van der Waals surface area contributed by atoms with Crippen molar-refractivity contribution in [3.63, 3.8) is 0 Å². The summed E-state index contributed by atoms with van der Waals surface area (Å²) in [4.78, 5) is 52.4. The number of ether oxygens (including phenoxy) is 1. The highest BCUT2D eigenvalue weighted by atomic mass is 35.5. The highest BCUT2D eigenvalue weighted by Crippen LogP contribution is 2.27. The lowest BCUT2D eigenvalue weighted by Gasteiger charge is -2.24. The van der Waals surface area contributed by atoms with Crippen LogP contribution in [0.1, 0.15) is 36.0 Å². The number of halogens is 1. The molecule has 0 radical (unpaired) electrons. The summed E-state index contributed by atoms with van der Waals surface area (Å²) in [5.41, 5.74) is 1.22. The molecule has 2 aromatic carbocycles. The molecule has 156 valence electrons. The number of rotatable bonds is 7. The Kier molecular flexibility index (Phi) is 5.97. The highest BCUT2D eigenvalue weighted by molar-refractivity contribution is 7.18. The Morgan fingerprint density at radius 3 is 2.10 bits per heavy atom. The average molecular weight is 454 g/mol. The van der Waals surface area contributed by atoms with E-state index in [1.807, 2.05) is 6.07 Å². The molecule has 0 saturated carbocycles. The lowest BCUT2D eigenvalue weighted by atomic mass is 10.0. The van der Waals surface area contributed by atoms with Crippen molar-refractivity contribution in [3.8, 4) is 0 Å². The topological polar surface area (TPSA) is 80.8 Å². The molecule has 2 heterocycles. The van der Waals surface area contributed by atoms with E-state index in [9.17, 15) is 19.2 Å². The highest BCUT2D eigenvalue weighted by Gasteiger charge is 2.43. The number of hydrogen-bond acceptors (Lipinski definition) is 6. The average Bonchev–Trinajstić information content (AvgIpc) is 3.33. The van der Waals surface area contributed by atoms with Gasteiger partial charge in [0.15, 0.2) is 6.61 Å². The van der Waals surface area contributed by atoms with Gasteiger partial charge < -0.3 is 4.74 Å². The molecule has 0 aliphatic carbocycles. The first kappa shape index (κ1) is 21.0. The molecule has 1 aliphatic heterocycles. The number of carbonyl (C=O) groups is 4.